The summed E-state index contributed by atoms with van der Waals surface area (Å²) in [7, 11) is 0. The number of para-hydroxylation sites is 1. The molecule has 8 nitrogen and oxygen atoms in total. The highest BCUT2D eigenvalue weighted by molar-refractivity contribution is 6.00. The minimum atomic E-state index is -1.19. The van der Waals surface area contributed by atoms with Gasteiger partial charge >= 0.3 is 6.09 Å². The maximum absolute atomic E-state index is 14.3. The molecule has 0 aliphatic heterocycles. The highest BCUT2D eigenvalue weighted by Crippen LogP contribution is 2.28. The number of alkyl carbamates (subject to hydrolysis) is 1. The van der Waals surface area contributed by atoms with Crippen LogP contribution in [-0.2, 0) is 20.7 Å². The Hall–Kier alpha value is -4.90. The first-order chi connectivity index (χ1) is 19.9. The first-order valence-corrected chi connectivity index (χ1v) is 13.7. The first kappa shape index (κ1) is 31.6. The van der Waals surface area contributed by atoms with Crippen molar-refractivity contribution < 1.29 is 19.1 Å². The molecule has 2 unspecified atom stereocenters. The van der Waals surface area contributed by atoms with Crippen molar-refractivity contribution in [2.24, 2.45) is 0 Å². The van der Waals surface area contributed by atoms with E-state index in [1.165, 1.54) is 4.90 Å². The molecule has 0 bridgehead atoms. The van der Waals surface area contributed by atoms with Crippen molar-refractivity contribution in [1.82, 2.24) is 10.2 Å². The molecule has 0 aliphatic rings. The lowest BCUT2D eigenvalue weighted by Gasteiger charge is -2.33. The second-order valence-corrected chi connectivity index (χ2v) is 11.0. The molecule has 0 fully saturated rings. The van der Waals surface area contributed by atoms with E-state index in [-0.39, 0.29) is 6.42 Å². The van der Waals surface area contributed by atoms with E-state index in [0.717, 1.165) is 22.3 Å². The van der Waals surface area contributed by atoms with E-state index in [0.29, 0.717) is 11.3 Å². The summed E-state index contributed by atoms with van der Waals surface area (Å²) >= 11 is 0. The van der Waals surface area contributed by atoms with Crippen LogP contribution < -0.4 is 10.6 Å². The fraction of sp³-hybridized carbons (Fsp3) is 0.294. The van der Waals surface area contributed by atoms with E-state index in [9.17, 15) is 19.6 Å². The number of amides is 3. The molecule has 0 spiro atoms. The zero-order valence-corrected chi connectivity index (χ0v) is 24.8. The second-order valence-electron chi connectivity index (χ2n) is 11.0. The molecule has 2 atom stereocenters. The van der Waals surface area contributed by atoms with Crippen molar-refractivity contribution >= 4 is 29.7 Å². The Morgan fingerprint density at radius 1 is 1.00 bits per heavy atom. The van der Waals surface area contributed by atoms with Gasteiger partial charge in [0.25, 0.3) is 5.91 Å². The molecule has 8 heteroatoms. The van der Waals surface area contributed by atoms with Gasteiger partial charge in [0.2, 0.25) is 5.91 Å². The van der Waals surface area contributed by atoms with Gasteiger partial charge in [-0.3, -0.25) is 9.59 Å². The second kappa shape index (κ2) is 14.1. The number of anilines is 1. The number of nitriles is 1. The lowest BCUT2D eigenvalue weighted by atomic mass is 9.98. The van der Waals surface area contributed by atoms with E-state index in [1.807, 2.05) is 74.5 Å². The third-order valence-electron chi connectivity index (χ3n) is 6.55. The summed E-state index contributed by atoms with van der Waals surface area (Å²) in [6.07, 6.45) is 0.987. The maximum atomic E-state index is 14.3. The van der Waals surface area contributed by atoms with Crippen LogP contribution in [0.25, 0.3) is 6.08 Å². The number of carbonyl (C=O) groups excluding carboxylic acids is 3. The Morgan fingerprint density at radius 2 is 1.64 bits per heavy atom. The largest absolute Gasteiger partial charge is 0.444 e. The summed E-state index contributed by atoms with van der Waals surface area (Å²) in [5.41, 5.74) is 3.57. The molecule has 3 amide bonds. The van der Waals surface area contributed by atoms with Crippen LogP contribution >= 0.6 is 0 Å². The van der Waals surface area contributed by atoms with E-state index in [4.69, 9.17) is 4.74 Å². The molecule has 0 heterocycles. The standard InChI is InChI=1S/C34H38N4O4/c1-7-25-17-12-18-27(21-25)30(31(39)37-29-23(2)13-11-14-24(29)3)38(20-19-35)32(40)28(22-26-15-9-8-10-16-26)36-33(41)42-34(4,5)6/h7-18,21,28,30H,1,20,22H2,2-6H3,(H,36,41)(H,37,39). The average Bonchev–Trinajstić information content (AvgIpc) is 2.94. The SMILES string of the molecule is C=Cc1cccc(C(C(=O)Nc2c(C)cccc2C)N(CC#N)C(=O)C(Cc2ccccc2)NC(=O)OC(C)(C)C)c1. The monoisotopic (exact) mass is 566 g/mol. The summed E-state index contributed by atoms with van der Waals surface area (Å²) in [6.45, 7) is 12.4. The number of hydrogen-bond donors (Lipinski definition) is 2. The molecule has 3 aromatic carbocycles. The van der Waals surface area contributed by atoms with Crippen LogP contribution in [0.3, 0.4) is 0 Å². The van der Waals surface area contributed by atoms with Gasteiger partial charge in [-0.2, -0.15) is 5.26 Å². The summed E-state index contributed by atoms with van der Waals surface area (Å²) in [6, 6.07) is 21.7. The Morgan fingerprint density at radius 3 is 2.24 bits per heavy atom. The van der Waals surface area contributed by atoms with Crippen molar-refractivity contribution in [3.8, 4) is 6.07 Å². The van der Waals surface area contributed by atoms with E-state index < -0.39 is 42.1 Å². The Labute approximate surface area is 248 Å². The topological polar surface area (TPSA) is 112 Å². The van der Waals surface area contributed by atoms with Crippen LogP contribution in [0.1, 0.15) is 54.6 Å². The molecule has 0 saturated heterocycles. The summed E-state index contributed by atoms with van der Waals surface area (Å²) in [5.74, 6) is -1.09. The number of aryl methyl sites for hydroxylation is 2. The number of benzene rings is 3. The van der Waals surface area contributed by atoms with Crippen LogP contribution in [0.4, 0.5) is 10.5 Å². The zero-order valence-electron chi connectivity index (χ0n) is 24.8. The predicted molar refractivity (Wildman–Crippen MR) is 164 cm³/mol. The molecule has 0 radical (unpaired) electrons. The minimum Gasteiger partial charge on any atom is -0.444 e. The van der Waals surface area contributed by atoms with Gasteiger partial charge in [-0.15, -0.1) is 0 Å². The Bertz CT molecular complexity index is 1450. The summed E-state index contributed by atoms with van der Waals surface area (Å²) in [4.78, 5) is 42.4. The van der Waals surface area contributed by atoms with E-state index in [2.05, 4.69) is 17.2 Å². The van der Waals surface area contributed by atoms with Gasteiger partial charge in [-0.05, 0) is 68.5 Å². The van der Waals surface area contributed by atoms with Crippen molar-refractivity contribution in [2.45, 2.75) is 58.7 Å². The van der Waals surface area contributed by atoms with Crippen LogP contribution in [-0.4, -0.2) is 41.0 Å². The van der Waals surface area contributed by atoms with Gasteiger partial charge in [0.05, 0.1) is 6.07 Å². The molecule has 0 aliphatic carbocycles. The summed E-state index contributed by atoms with van der Waals surface area (Å²) in [5, 5.41) is 15.5. The minimum absolute atomic E-state index is 0.124. The van der Waals surface area contributed by atoms with Gasteiger partial charge in [0, 0.05) is 12.1 Å². The first-order valence-electron chi connectivity index (χ1n) is 13.7. The molecule has 2 N–H and O–H groups in total. The number of nitrogens with zero attached hydrogens (tertiary/aromatic N) is 2. The highest BCUT2D eigenvalue weighted by Gasteiger charge is 2.37. The quantitative estimate of drug-likeness (QED) is 0.288. The van der Waals surface area contributed by atoms with Crippen LogP contribution in [0.5, 0.6) is 0 Å². The average molecular weight is 567 g/mol. The van der Waals surface area contributed by atoms with Crippen LogP contribution in [0.15, 0.2) is 79.4 Å². The van der Waals surface area contributed by atoms with Gasteiger partial charge in [-0.25, -0.2) is 4.79 Å². The number of carbonyl (C=O) groups is 3. The van der Waals surface area contributed by atoms with Gasteiger partial charge < -0.3 is 20.3 Å². The zero-order chi connectivity index (χ0) is 30.9. The molecular weight excluding hydrogens is 528 g/mol. The van der Waals surface area contributed by atoms with E-state index in [1.54, 1.807) is 45.0 Å². The lowest BCUT2D eigenvalue weighted by Crippen LogP contribution is -2.53. The van der Waals surface area contributed by atoms with Crippen molar-refractivity contribution in [3.63, 3.8) is 0 Å². The molecule has 218 valence electrons. The maximum Gasteiger partial charge on any atom is 0.408 e. The summed E-state index contributed by atoms with van der Waals surface area (Å²) < 4.78 is 5.45. The molecule has 0 saturated carbocycles. The van der Waals surface area contributed by atoms with Crippen molar-refractivity contribution in [2.75, 3.05) is 11.9 Å². The Kier molecular flexibility index (Phi) is 10.6. The predicted octanol–water partition coefficient (Wildman–Crippen LogP) is 6.11. The van der Waals surface area contributed by atoms with Crippen molar-refractivity contribution in [3.05, 3.63) is 107 Å². The fourth-order valence-corrected chi connectivity index (χ4v) is 4.60. The van der Waals surface area contributed by atoms with Gasteiger partial charge in [0.15, 0.2) is 0 Å². The lowest BCUT2D eigenvalue weighted by molar-refractivity contribution is -0.140. The normalized spacial score (nSPS) is 12.3. The third kappa shape index (κ3) is 8.55. The molecular formula is C34H38N4O4. The molecule has 42 heavy (non-hydrogen) atoms. The number of rotatable bonds is 10. The van der Waals surface area contributed by atoms with E-state index >= 15 is 0 Å². The fourth-order valence-electron chi connectivity index (χ4n) is 4.60. The van der Waals surface area contributed by atoms with Gasteiger partial charge in [0.1, 0.15) is 24.2 Å². The molecule has 3 rings (SSSR count). The molecule has 0 aromatic heterocycles. The molecule has 3 aromatic rings. The number of nitrogens with one attached hydrogen (secondary N) is 2. The highest BCUT2D eigenvalue weighted by atomic mass is 16.6. The van der Waals surface area contributed by atoms with Crippen LogP contribution in [0.2, 0.25) is 0 Å². The smallest absolute Gasteiger partial charge is 0.408 e. The number of ether oxygens (including phenoxy) is 1. The Balaban J connectivity index is 2.09. The number of hydrogen-bond acceptors (Lipinski definition) is 5. The third-order valence-corrected chi connectivity index (χ3v) is 6.55. The van der Waals surface area contributed by atoms with Gasteiger partial charge in [-0.1, -0.05) is 79.4 Å². The van der Waals surface area contributed by atoms with Crippen molar-refractivity contribution in [1.29, 1.82) is 5.26 Å². The van der Waals surface area contributed by atoms with Crippen LogP contribution in [0, 0.1) is 25.2 Å².